The monoisotopic (exact) mass is 350 g/mol. The molecule has 0 atom stereocenters. The van der Waals surface area contributed by atoms with E-state index in [4.69, 9.17) is 0 Å². The van der Waals surface area contributed by atoms with Gasteiger partial charge in [0.05, 0.1) is 10.6 Å². The molecule has 0 saturated carbocycles. The molecule has 23 heavy (non-hydrogen) atoms. The summed E-state index contributed by atoms with van der Waals surface area (Å²) in [7, 11) is -0.659. The van der Waals surface area contributed by atoms with Crippen molar-refractivity contribution in [3.63, 3.8) is 0 Å². The summed E-state index contributed by atoms with van der Waals surface area (Å²) in [6.45, 7) is 0. The third kappa shape index (κ3) is 3.93. The molecule has 0 radical (unpaired) electrons. The van der Waals surface area contributed by atoms with Crippen LogP contribution in [0.2, 0.25) is 0 Å². The van der Waals surface area contributed by atoms with Crippen LogP contribution in [-0.2, 0) is 10.0 Å². The van der Waals surface area contributed by atoms with Gasteiger partial charge in [-0.3, -0.25) is 4.79 Å². The molecule has 0 unspecified atom stereocenters. The molecule has 0 fully saturated rings. The Labute approximate surface area is 140 Å². The van der Waals surface area contributed by atoms with Crippen molar-refractivity contribution in [1.29, 1.82) is 0 Å². The van der Waals surface area contributed by atoms with Crippen LogP contribution in [0.4, 0.5) is 5.69 Å². The van der Waals surface area contributed by atoms with E-state index in [0.29, 0.717) is 11.3 Å². The Bertz CT molecular complexity index is 818. The summed E-state index contributed by atoms with van der Waals surface area (Å²) >= 11 is 1.53. The predicted octanol–water partition coefficient (Wildman–Crippen LogP) is 2.91. The number of carbonyl (C=O) groups is 1. The fraction of sp³-hybridized carbons (Fsp3) is 0.188. The number of nitrogens with one attached hydrogen (secondary N) is 1. The Kier molecular flexibility index (Phi) is 5.46. The molecule has 0 spiro atoms. The molecule has 0 saturated heterocycles. The van der Waals surface area contributed by atoms with Crippen LogP contribution >= 0.6 is 11.8 Å². The minimum atomic E-state index is -3.57. The van der Waals surface area contributed by atoms with Gasteiger partial charge in [-0.1, -0.05) is 18.2 Å². The summed E-state index contributed by atoms with van der Waals surface area (Å²) in [6.07, 6.45) is 1.93. The van der Waals surface area contributed by atoms with Crippen molar-refractivity contribution in [2.75, 3.05) is 25.7 Å². The number of para-hydroxylation sites is 1. The van der Waals surface area contributed by atoms with Crippen molar-refractivity contribution in [2.24, 2.45) is 0 Å². The number of rotatable bonds is 5. The normalized spacial score (nSPS) is 11.5. The second-order valence-electron chi connectivity index (χ2n) is 4.97. The van der Waals surface area contributed by atoms with Crippen molar-refractivity contribution < 1.29 is 13.2 Å². The lowest BCUT2D eigenvalue weighted by atomic mass is 10.2. The fourth-order valence-corrected chi connectivity index (χ4v) is 3.45. The summed E-state index contributed by atoms with van der Waals surface area (Å²) < 4.78 is 25.4. The predicted molar refractivity (Wildman–Crippen MR) is 93.5 cm³/mol. The molecule has 1 N–H and O–H groups in total. The molecular weight excluding hydrogens is 332 g/mol. The number of hydrogen-bond acceptors (Lipinski definition) is 4. The lowest BCUT2D eigenvalue weighted by Crippen LogP contribution is -2.22. The lowest BCUT2D eigenvalue weighted by molar-refractivity contribution is 0.102. The summed E-state index contributed by atoms with van der Waals surface area (Å²) in [6, 6.07) is 13.5. The Morgan fingerprint density at radius 2 is 1.78 bits per heavy atom. The van der Waals surface area contributed by atoms with Gasteiger partial charge in [0, 0.05) is 24.6 Å². The molecular formula is C16H18N2O3S2. The summed E-state index contributed by atoms with van der Waals surface area (Å²) in [4.78, 5) is 13.4. The molecule has 5 nitrogen and oxygen atoms in total. The SMILES string of the molecule is CSc1ccccc1NC(=O)c1cccc(S(=O)(=O)N(C)C)c1. The zero-order valence-electron chi connectivity index (χ0n) is 13.1. The maximum atomic E-state index is 12.4. The largest absolute Gasteiger partial charge is 0.321 e. The van der Waals surface area contributed by atoms with Crippen molar-refractivity contribution >= 4 is 33.4 Å². The highest BCUT2D eigenvalue weighted by Crippen LogP contribution is 2.25. The number of carbonyl (C=O) groups excluding carboxylic acids is 1. The van der Waals surface area contributed by atoms with Gasteiger partial charge in [-0.2, -0.15) is 0 Å². The highest BCUT2D eigenvalue weighted by atomic mass is 32.2. The van der Waals surface area contributed by atoms with Crippen LogP contribution in [0.25, 0.3) is 0 Å². The standard InChI is InChI=1S/C16H18N2O3S2/c1-18(2)23(20,21)13-8-6-7-12(11-13)16(19)17-14-9-4-5-10-15(14)22-3/h4-11H,1-3H3,(H,17,19). The number of nitrogens with zero attached hydrogens (tertiary/aromatic N) is 1. The summed E-state index contributed by atoms with van der Waals surface area (Å²) in [5.74, 6) is -0.345. The molecule has 0 bridgehead atoms. The fourth-order valence-electron chi connectivity index (χ4n) is 1.95. The first-order chi connectivity index (χ1) is 10.9. The van der Waals surface area contributed by atoms with Crippen LogP contribution in [0.5, 0.6) is 0 Å². The van der Waals surface area contributed by atoms with Gasteiger partial charge < -0.3 is 5.32 Å². The quantitative estimate of drug-likeness (QED) is 0.842. The molecule has 2 aromatic rings. The topological polar surface area (TPSA) is 66.5 Å². The zero-order chi connectivity index (χ0) is 17.0. The van der Waals surface area contributed by atoms with Crippen LogP contribution < -0.4 is 5.32 Å². The van der Waals surface area contributed by atoms with Crippen molar-refractivity contribution in [3.8, 4) is 0 Å². The average Bonchev–Trinajstić information content (AvgIpc) is 2.55. The first kappa shape index (κ1) is 17.5. The Balaban J connectivity index is 2.31. The van der Waals surface area contributed by atoms with Gasteiger partial charge >= 0.3 is 0 Å². The van der Waals surface area contributed by atoms with E-state index < -0.39 is 10.0 Å². The van der Waals surface area contributed by atoms with Crippen LogP contribution in [0, 0.1) is 0 Å². The Morgan fingerprint density at radius 3 is 2.43 bits per heavy atom. The van der Waals surface area contributed by atoms with Gasteiger partial charge in [0.25, 0.3) is 5.91 Å². The average molecular weight is 350 g/mol. The van der Waals surface area contributed by atoms with Gasteiger partial charge in [0.2, 0.25) is 10.0 Å². The van der Waals surface area contributed by atoms with E-state index in [1.807, 2.05) is 30.5 Å². The van der Waals surface area contributed by atoms with Crippen molar-refractivity contribution in [3.05, 3.63) is 54.1 Å². The molecule has 2 aromatic carbocycles. The maximum Gasteiger partial charge on any atom is 0.255 e. The number of thioether (sulfide) groups is 1. The minimum Gasteiger partial charge on any atom is -0.321 e. The number of hydrogen-bond donors (Lipinski definition) is 1. The number of sulfonamides is 1. The second-order valence-corrected chi connectivity index (χ2v) is 7.97. The van der Waals surface area contributed by atoms with E-state index >= 15 is 0 Å². The van der Waals surface area contributed by atoms with E-state index in [1.165, 1.54) is 38.0 Å². The van der Waals surface area contributed by atoms with Crippen molar-refractivity contribution in [2.45, 2.75) is 9.79 Å². The smallest absolute Gasteiger partial charge is 0.255 e. The number of benzene rings is 2. The second kappa shape index (κ2) is 7.16. The molecule has 1 amide bonds. The molecule has 0 aromatic heterocycles. The molecule has 122 valence electrons. The minimum absolute atomic E-state index is 0.0910. The Hall–Kier alpha value is -1.83. The molecule has 2 rings (SSSR count). The highest BCUT2D eigenvalue weighted by molar-refractivity contribution is 7.98. The number of anilines is 1. The van der Waals surface area contributed by atoms with Gasteiger partial charge in [-0.25, -0.2) is 12.7 Å². The molecule has 0 heterocycles. The van der Waals surface area contributed by atoms with Crippen LogP contribution in [0.15, 0.2) is 58.3 Å². The van der Waals surface area contributed by atoms with Gasteiger partial charge in [0.15, 0.2) is 0 Å². The van der Waals surface area contributed by atoms with Crippen LogP contribution in [0.1, 0.15) is 10.4 Å². The van der Waals surface area contributed by atoms with Crippen LogP contribution in [-0.4, -0.2) is 39.0 Å². The lowest BCUT2D eigenvalue weighted by Gasteiger charge is -2.13. The van der Waals surface area contributed by atoms with Crippen LogP contribution in [0.3, 0.4) is 0 Å². The maximum absolute atomic E-state index is 12.4. The van der Waals surface area contributed by atoms with E-state index in [0.717, 1.165) is 9.20 Å². The van der Waals surface area contributed by atoms with E-state index in [9.17, 15) is 13.2 Å². The van der Waals surface area contributed by atoms with E-state index in [-0.39, 0.29) is 10.8 Å². The van der Waals surface area contributed by atoms with Crippen molar-refractivity contribution in [1.82, 2.24) is 4.31 Å². The first-order valence-electron chi connectivity index (χ1n) is 6.83. The molecule has 0 aliphatic carbocycles. The van der Waals surface area contributed by atoms with Gasteiger partial charge in [0.1, 0.15) is 0 Å². The van der Waals surface area contributed by atoms with E-state index in [2.05, 4.69) is 5.32 Å². The Morgan fingerprint density at radius 1 is 1.09 bits per heavy atom. The summed E-state index contributed by atoms with van der Waals surface area (Å²) in [5.41, 5.74) is 0.995. The third-order valence-corrected chi connectivity index (χ3v) is 5.84. The molecule has 0 aliphatic rings. The van der Waals surface area contributed by atoms with Gasteiger partial charge in [-0.05, 0) is 36.6 Å². The van der Waals surface area contributed by atoms with E-state index in [1.54, 1.807) is 12.1 Å². The number of amides is 1. The van der Waals surface area contributed by atoms with Gasteiger partial charge in [-0.15, -0.1) is 11.8 Å². The first-order valence-corrected chi connectivity index (χ1v) is 9.49. The zero-order valence-corrected chi connectivity index (χ0v) is 14.7. The highest BCUT2D eigenvalue weighted by Gasteiger charge is 2.19. The molecule has 0 aliphatic heterocycles. The summed E-state index contributed by atoms with van der Waals surface area (Å²) in [5, 5.41) is 2.82. The molecule has 7 heteroatoms. The third-order valence-electron chi connectivity index (χ3n) is 3.23.